The minimum atomic E-state index is -0.373. The average molecular weight is 398 g/mol. The Bertz CT molecular complexity index is 1120. The van der Waals surface area contributed by atoms with Gasteiger partial charge in [-0.05, 0) is 48.5 Å². The number of nitrogens with zero attached hydrogens (tertiary/aromatic N) is 1. The number of amides is 2. The third kappa shape index (κ3) is 3.89. The van der Waals surface area contributed by atoms with Crippen LogP contribution in [0, 0.1) is 0 Å². The van der Waals surface area contributed by atoms with Crippen LogP contribution >= 0.6 is 23.2 Å². The van der Waals surface area contributed by atoms with Crippen molar-refractivity contribution in [1.29, 1.82) is 0 Å². The van der Waals surface area contributed by atoms with Crippen molar-refractivity contribution in [2.24, 2.45) is 0 Å². The highest BCUT2D eigenvalue weighted by molar-refractivity contribution is 6.33. The number of carbonyl (C=O) groups excluding carboxylic acids is 1. The van der Waals surface area contributed by atoms with Crippen LogP contribution in [0.15, 0.2) is 71.1 Å². The topological polar surface area (TPSA) is 67.2 Å². The first-order valence-corrected chi connectivity index (χ1v) is 8.83. The van der Waals surface area contributed by atoms with E-state index >= 15 is 0 Å². The Labute approximate surface area is 164 Å². The van der Waals surface area contributed by atoms with Gasteiger partial charge in [-0.15, -0.1) is 0 Å². The zero-order valence-corrected chi connectivity index (χ0v) is 15.4. The molecule has 0 spiro atoms. The molecule has 134 valence electrons. The smallest absolute Gasteiger partial charge is 0.323 e. The minimum absolute atomic E-state index is 0.373. The summed E-state index contributed by atoms with van der Waals surface area (Å²) >= 11 is 12.0. The van der Waals surface area contributed by atoms with Crippen molar-refractivity contribution in [1.82, 2.24) is 4.98 Å². The van der Waals surface area contributed by atoms with E-state index < -0.39 is 0 Å². The van der Waals surface area contributed by atoms with Gasteiger partial charge in [-0.3, -0.25) is 0 Å². The molecular formula is C20H13Cl2N3O2. The summed E-state index contributed by atoms with van der Waals surface area (Å²) in [6, 6.07) is 19.0. The molecule has 0 unspecified atom stereocenters. The number of halogens is 2. The van der Waals surface area contributed by atoms with Gasteiger partial charge in [0.05, 0.1) is 10.6 Å². The fourth-order valence-electron chi connectivity index (χ4n) is 2.58. The van der Waals surface area contributed by atoms with Crippen molar-refractivity contribution in [2.75, 3.05) is 10.6 Å². The standard InChI is InChI=1S/C20H13Cl2N3O2/c21-12-5-7-13(8-6-12)23-20(26)24-14-9-10-17-18(11-14)27-19(25-17)15-3-1-2-4-16(15)22/h1-11H,(H2,23,24,26). The average Bonchev–Trinajstić information content (AvgIpc) is 3.07. The van der Waals surface area contributed by atoms with Crippen LogP contribution in [0.25, 0.3) is 22.6 Å². The van der Waals surface area contributed by atoms with Gasteiger partial charge in [-0.2, -0.15) is 0 Å². The van der Waals surface area contributed by atoms with Gasteiger partial charge in [0, 0.05) is 22.5 Å². The number of fused-ring (bicyclic) bond motifs is 1. The van der Waals surface area contributed by atoms with Crippen LogP contribution in [0.2, 0.25) is 10.0 Å². The van der Waals surface area contributed by atoms with Crippen LogP contribution in [0.1, 0.15) is 0 Å². The molecule has 0 radical (unpaired) electrons. The summed E-state index contributed by atoms with van der Waals surface area (Å²) in [4.78, 5) is 16.6. The molecule has 1 heterocycles. The lowest BCUT2D eigenvalue weighted by Gasteiger charge is -2.07. The molecule has 7 heteroatoms. The number of aromatic nitrogens is 1. The molecule has 27 heavy (non-hydrogen) atoms. The Morgan fingerprint density at radius 1 is 0.889 bits per heavy atom. The van der Waals surface area contributed by atoms with Gasteiger partial charge >= 0.3 is 6.03 Å². The van der Waals surface area contributed by atoms with Crippen molar-refractivity contribution >= 4 is 51.7 Å². The van der Waals surface area contributed by atoms with Crippen molar-refractivity contribution in [3.05, 3.63) is 76.8 Å². The Morgan fingerprint density at radius 2 is 1.59 bits per heavy atom. The fraction of sp³-hybridized carbons (Fsp3) is 0. The third-order valence-electron chi connectivity index (χ3n) is 3.85. The summed E-state index contributed by atoms with van der Waals surface area (Å²) in [5.74, 6) is 0.429. The highest BCUT2D eigenvalue weighted by Gasteiger charge is 2.12. The van der Waals surface area contributed by atoms with E-state index in [1.165, 1.54) is 0 Å². The molecule has 3 aromatic carbocycles. The Balaban J connectivity index is 1.54. The number of hydrogen-bond donors (Lipinski definition) is 2. The molecule has 4 rings (SSSR count). The first kappa shape index (κ1) is 17.4. The van der Waals surface area contributed by atoms with Gasteiger partial charge in [0.25, 0.3) is 0 Å². The summed E-state index contributed by atoms with van der Waals surface area (Å²) in [6.07, 6.45) is 0. The van der Waals surface area contributed by atoms with Gasteiger partial charge in [-0.1, -0.05) is 35.3 Å². The molecule has 0 aliphatic rings. The second kappa shape index (κ2) is 7.31. The Morgan fingerprint density at radius 3 is 2.37 bits per heavy atom. The SMILES string of the molecule is O=C(Nc1ccc(Cl)cc1)Nc1ccc2nc(-c3ccccc3Cl)oc2c1. The maximum Gasteiger partial charge on any atom is 0.323 e. The van der Waals surface area contributed by atoms with E-state index in [-0.39, 0.29) is 6.03 Å². The predicted molar refractivity (Wildman–Crippen MR) is 109 cm³/mol. The molecule has 5 nitrogen and oxygen atoms in total. The number of anilines is 2. The summed E-state index contributed by atoms with van der Waals surface area (Å²) < 4.78 is 5.81. The molecule has 0 atom stereocenters. The van der Waals surface area contributed by atoms with Crippen LogP contribution in [0.5, 0.6) is 0 Å². The molecule has 0 aliphatic carbocycles. The maximum atomic E-state index is 12.2. The molecule has 0 saturated carbocycles. The van der Waals surface area contributed by atoms with Gasteiger partial charge in [-0.25, -0.2) is 9.78 Å². The van der Waals surface area contributed by atoms with E-state index in [4.69, 9.17) is 27.6 Å². The van der Waals surface area contributed by atoms with Crippen molar-refractivity contribution in [3.8, 4) is 11.5 Å². The van der Waals surface area contributed by atoms with Gasteiger partial charge in [0.1, 0.15) is 5.52 Å². The van der Waals surface area contributed by atoms with Crippen LogP contribution in [-0.4, -0.2) is 11.0 Å². The van der Waals surface area contributed by atoms with Crippen LogP contribution in [0.3, 0.4) is 0 Å². The van der Waals surface area contributed by atoms with Crippen LogP contribution in [0.4, 0.5) is 16.2 Å². The number of urea groups is 1. The molecule has 0 aliphatic heterocycles. The second-order valence-corrected chi connectivity index (χ2v) is 6.61. The molecule has 2 N–H and O–H groups in total. The monoisotopic (exact) mass is 397 g/mol. The lowest BCUT2D eigenvalue weighted by atomic mass is 10.2. The number of oxazole rings is 1. The maximum absolute atomic E-state index is 12.2. The summed E-state index contributed by atoms with van der Waals surface area (Å²) in [6.45, 7) is 0. The summed E-state index contributed by atoms with van der Waals surface area (Å²) in [7, 11) is 0. The van der Waals surface area contributed by atoms with Gasteiger partial charge in [0.2, 0.25) is 5.89 Å². The minimum Gasteiger partial charge on any atom is -0.436 e. The number of carbonyl (C=O) groups is 1. The highest BCUT2D eigenvalue weighted by Crippen LogP contribution is 2.30. The molecular weight excluding hydrogens is 385 g/mol. The number of hydrogen-bond acceptors (Lipinski definition) is 3. The lowest BCUT2D eigenvalue weighted by molar-refractivity contribution is 0.262. The van der Waals surface area contributed by atoms with E-state index in [2.05, 4.69) is 15.6 Å². The van der Waals surface area contributed by atoms with Gasteiger partial charge < -0.3 is 15.1 Å². The lowest BCUT2D eigenvalue weighted by Crippen LogP contribution is -2.19. The van der Waals surface area contributed by atoms with E-state index in [0.29, 0.717) is 44.0 Å². The largest absolute Gasteiger partial charge is 0.436 e. The van der Waals surface area contributed by atoms with E-state index in [0.717, 1.165) is 0 Å². The fourth-order valence-corrected chi connectivity index (χ4v) is 2.92. The molecule has 4 aromatic rings. The first-order valence-electron chi connectivity index (χ1n) is 8.07. The Kier molecular flexibility index (Phi) is 4.71. The zero-order chi connectivity index (χ0) is 18.8. The second-order valence-electron chi connectivity index (χ2n) is 5.77. The van der Waals surface area contributed by atoms with E-state index in [1.54, 1.807) is 48.5 Å². The van der Waals surface area contributed by atoms with Crippen molar-refractivity contribution in [3.63, 3.8) is 0 Å². The van der Waals surface area contributed by atoms with E-state index in [1.807, 2.05) is 18.2 Å². The molecule has 0 bridgehead atoms. The van der Waals surface area contributed by atoms with Crippen LogP contribution < -0.4 is 10.6 Å². The quantitative estimate of drug-likeness (QED) is 0.417. The molecule has 0 fully saturated rings. The molecule has 2 amide bonds. The number of rotatable bonds is 3. The number of nitrogens with one attached hydrogen (secondary N) is 2. The van der Waals surface area contributed by atoms with Crippen LogP contribution in [-0.2, 0) is 0 Å². The third-order valence-corrected chi connectivity index (χ3v) is 4.43. The van der Waals surface area contributed by atoms with Crippen molar-refractivity contribution in [2.45, 2.75) is 0 Å². The van der Waals surface area contributed by atoms with Crippen molar-refractivity contribution < 1.29 is 9.21 Å². The summed E-state index contributed by atoms with van der Waals surface area (Å²) in [5.41, 5.74) is 3.16. The predicted octanol–water partition coefficient (Wildman–Crippen LogP) is 6.45. The zero-order valence-electron chi connectivity index (χ0n) is 13.9. The Hall–Kier alpha value is -3.02. The van der Waals surface area contributed by atoms with Gasteiger partial charge in [0.15, 0.2) is 5.58 Å². The molecule has 1 aromatic heterocycles. The first-order chi connectivity index (χ1) is 13.1. The highest BCUT2D eigenvalue weighted by atomic mass is 35.5. The normalized spacial score (nSPS) is 10.7. The summed E-state index contributed by atoms with van der Waals surface area (Å²) in [5, 5.41) is 6.66. The number of benzene rings is 3. The van der Waals surface area contributed by atoms with E-state index in [9.17, 15) is 4.79 Å². The molecule has 0 saturated heterocycles.